The number of esters is 1. The molecule has 1 atom stereocenters. The van der Waals surface area contributed by atoms with Crippen LogP contribution >= 0.6 is 0 Å². The van der Waals surface area contributed by atoms with E-state index in [1.807, 2.05) is 6.07 Å². The zero-order chi connectivity index (χ0) is 22.2. The Morgan fingerprint density at radius 2 is 1.55 bits per heavy atom. The molecule has 0 amide bonds. The molecule has 5 heteroatoms. The zero-order valence-corrected chi connectivity index (χ0v) is 18.5. The maximum Gasteiger partial charge on any atom is 0.330 e. The summed E-state index contributed by atoms with van der Waals surface area (Å²) in [5, 5.41) is 11.7. The Bertz CT molecular complexity index is 773. The van der Waals surface area contributed by atoms with Crippen molar-refractivity contribution in [3.8, 4) is 5.75 Å². The summed E-state index contributed by atoms with van der Waals surface area (Å²) in [6.45, 7) is 4.58. The molecule has 0 fully saturated rings. The van der Waals surface area contributed by atoms with E-state index in [-0.39, 0.29) is 13.2 Å². The summed E-state index contributed by atoms with van der Waals surface area (Å²) in [6, 6.07) is 14.6. The van der Waals surface area contributed by atoms with Gasteiger partial charge in [-0.3, -0.25) is 0 Å². The molecule has 5 nitrogen and oxygen atoms in total. The van der Waals surface area contributed by atoms with Crippen LogP contribution in [0.5, 0.6) is 5.75 Å². The van der Waals surface area contributed by atoms with Gasteiger partial charge in [-0.15, -0.1) is 0 Å². The topological polar surface area (TPSA) is 65.0 Å². The summed E-state index contributed by atoms with van der Waals surface area (Å²) in [5.74, 6) is 0.450. The van der Waals surface area contributed by atoms with Crippen LogP contribution in [0, 0.1) is 0 Å². The van der Waals surface area contributed by atoms with Gasteiger partial charge in [-0.2, -0.15) is 0 Å². The fraction of sp³-hybridized carbons (Fsp3) is 0.500. The maximum atomic E-state index is 11.0. The molecule has 1 unspecified atom stereocenters. The Morgan fingerprint density at radius 3 is 2.23 bits per heavy atom. The second kappa shape index (κ2) is 15.4. The number of carbonyl (C=O) groups excluding carboxylic acids is 1. The molecule has 0 aliphatic carbocycles. The van der Waals surface area contributed by atoms with Gasteiger partial charge in [0.25, 0.3) is 0 Å². The fourth-order valence-electron chi connectivity index (χ4n) is 3.35. The quantitative estimate of drug-likeness (QED) is 0.206. The molecule has 1 N–H and O–H groups in total. The van der Waals surface area contributed by atoms with Crippen molar-refractivity contribution in [3.63, 3.8) is 0 Å². The van der Waals surface area contributed by atoms with E-state index >= 15 is 0 Å². The van der Waals surface area contributed by atoms with Crippen molar-refractivity contribution in [2.45, 2.75) is 57.5 Å². The van der Waals surface area contributed by atoms with Crippen LogP contribution < -0.4 is 4.74 Å². The Hall–Kier alpha value is -2.37. The van der Waals surface area contributed by atoms with Crippen LogP contribution in [0.2, 0.25) is 0 Å². The van der Waals surface area contributed by atoms with Crippen molar-refractivity contribution >= 4 is 16.7 Å². The molecular formula is C26H36O5. The summed E-state index contributed by atoms with van der Waals surface area (Å²) in [5.41, 5.74) is 0. The average Bonchev–Trinajstić information content (AvgIpc) is 2.81. The lowest BCUT2D eigenvalue weighted by Crippen LogP contribution is -2.25. The molecule has 0 saturated carbocycles. The predicted molar refractivity (Wildman–Crippen MR) is 124 cm³/mol. The molecule has 0 radical (unpaired) electrons. The number of ether oxygens (including phenoxy) is 3. The number of benzene rings is 2. The van der Waals surface area contributed by atoms with Crippen molar-refractivity contribution in [1.82, 2.24) is 0 Å². The van der Waals surface area contributed by atoms with Crippen LogP contribution in [0.15, 0.2) is 55.1 Å². The standard InChI is InChI=1S/C26H36O5/c1-2-26(28)31-21-25(20-27)30-18-12-8-6-4-3-5-7-11-17-29-24-16-15-22-13-9-10-14-23(22)19-24/h2,9-10,13-16,19,25,27H,1,3-8,11-12,17-18,20-21H2. The van der Waals surface area contributed by atoms with Gasteiger partial charge >= 0.3 is 5.97 Å². The van der Waals surface area contributed by atoms with Crippen LogP contribution in [0.25, 0.3) is 10.8 Å². The zero-order valence-electron chi connectivity index (χ0n) is 18.5. The minimum atomic E-state index is -0.498. The number of hydrogen-bond donors (Lipinski definition) is 1. The fourth-order valence-corrected chi connectivity index (χ4v) is 3.35. The Morgan fingerprint density at radius 1 is 0.903 bits per heavy atom. The number of unbranched alkanes of at least 4 members (excludes halogenated alkanes) is 7. The predicted octanol–water partition coefficient (Wildman–Crippen LogP) is 5.45. The van der Waals surface area contributed by atoms with Gasteiger partial charge in [0.15, 0.2) is 0 Å². The lowest BCUT2D eigenvalue weighted by atomic mass is 10.1. The van der Waals surface area contributed by atoms with E-state index in [4.69, 9.17) is 14.2 Å². The molecular weight excluding hydrogens is 392 g/mol. The molecule has 0 saturated heterocycles. The van der Waals surface area contributed by atoms with Crippen LogP contribution in [-0.2, 0) is 14.3 Å². The van der Waals surface area contributed by atoms with Crippen molar-refractivity contribution in [2.24, 2.45) is 0 Å². The number of fused-ring (bicyclic) bond motifs is 1. The van der Waals surface area contributed by atoms with Crippen LogP contribution in [0.3, 0.4) is 0 Å². The molecule has 31 heavy (non-hydrogen) atoms. The third-order valence-electron chi connectivity index (χ3n) is 5.16. The van der Waals surface area contributed by atoms with Gasteiger partial charge in [-0.1, -0.05) is 75.4 Å². The summed E-state index contributed by atoms with van der Waals surface area (Å²) in [4.78, 5) is 11.0. The number of aliphatic hydroxyl groups is 1. The number of aliphatic hydroxyl groups excluding tert-OH is 1. The summed E-state index contributed by atoms with van der Waals surface area (Å²) >= 11 is 0. The summed E-state index contributed by atoms with van der Waals surface area (Å²) < 4.78 is 16.3. The number of carbonyl (C=O) groups is 1. The SMILES string of the molecule is C=CC(=O)OCC(CO)OCCCCCCCCCCOc1ccc2ccccc2c1. The first-order chi connectivity index (χ1) is 15.2. The van der Waals surface area contributed by atoms with Gasteiger partial charge in [0.1, 0.15) is 18.5 Å². The molecule has 170 valence electrons. The molecule has 0 aliphatic rings. The molecule has 0 aliphatic heterocycles. The van der Waals surface area contributed by atoms with Crippen LogP contribution in [-0.4, -0.2) is 43.6 Å². The monoisotopic (exact) mass is 428 g/mol. The summed E-state index contributed by atoms with van der Waals surface area (Å²) in [7, 11) is 0. The first-order valence-corrected chi connectivity index (χ1v) is 11.4. The van der Waals surface area contributed by atoms with E-state index in [0.717, 1.165) is 37.7 Å². The van der Waals surface area contributed by atoms with E-state index < -0.39 is 12.1 Å². The van der Waals surface area contributed by atoms with E-state index in [1.54, 1.807) is 0 Å². The molecule has 0 heterocycles. The van der Waals surface area contributed by atoms with Gasteiger partial charge in [0, 0.05) is 12.7 Å². The second-order valence-electron chi connectivity index (χ2n) is 7.70. The molecule has 0 aromatic heterocycles. The summed E-state index contributed by atoms with van der Waals surface area (Å²) in [6.07, 6.45) is 9.87. The van der Waals surface area contributed by atoms with Gasteiger partial charge in [-0.05, 0) is 35.7 Å². The van der Waals surface area contributed by atoms with E-state index in [0.29, 0.717) is 6.61 Å². The minimum Gasteiger partial charge on any atom is -0.494 e. The maximum absolute atomic E-state index is 11.0. The molecule has 2 aromatic carbocycles. The van der Waals surface area contributed by atoms with Crippen molar-refractivity contribution in [2.75, 3.05) is 26.4 Å². The second-order valence-corrected chi connectivity index (χ2v) is 7.70. The molecule has 0 bridgehead atoms. The third kappa shape index (κ3) is 10.5. The van der Waals surface area contributed by atoms with Crippen LogP contribution in [0.1, 0.15) is 51.4 Å². The largest absolute Gasteiger partial charge is 0.494 e. The first kappa shape index (κ1) is 24.9. The van der Waals surface area contributed by atoms with Gasteiger partial charge in [0.05, 0.1) is 13.2 Å². The van der Waals surface area contributed by atoms with Gasteiger partial charge in [-0.25, -0.2) is 4.79 Å². The normalized spacial score (nSPS) is 11.9. The Kier molecular flexibility index (Phi) is 12.4. The molecule has 2 rings (SSSR count). The highest BCUT2D eigenvalue weighted by molar-refractivity contribution is 5.83. The van der Waals surface area contributed by atoms with Crippen LogP contribution in [0.4, 0.5) is 0 Å². The van der Waals surface area contributed by atoms with Crippen molar-refractivity contribution in [1.29, 1.82) is 0 Å². The lowest BCUT2D eigenvalue weighted by molar-refractivity contribution is -0.143. The molecule has 0 spiro atoms. The Balaban J connectivity index is 1.40. The van der Waals surface area contributed by atoms with Crippen molar-refractivity contribution in [3.05, 3.63) is 55.1 Å². The van der Waals surface area contributed by atoms with E-state index in [2.05, 4.69) is 43.0 Å². The van der Waals surface area contributed by atoms with Gasteiger partial charge in [0.2, 0.25) is 0 Å². The molecule has 2 aromatic rings. The Labute approximate surface area is 186 Å². The van der Waals surface area contributed by atoms with E-state index in [1.165, 1.54) is 42.9 Å². The smallest absolute Gasteiger partial charge is 0.330 e. The lowest BCUT2D eigenvalue weighted by Gasteiger charge is -2.15. The highest BCUT2D eigenvalue weighted by atomic mass is 16.6. The number of hydrogen-bond acceptors (Lipinski definition) is 5. The highest BCUT2D eigenvalue weighted by Crippen LogP contribution is 2.21. The number of rotatable bonds is 17. The first-order valence-electron chi connectivity index (χ1n) is 11.4. The van der Waals surface area contributed by atoms with E-state index in [9.17, 15) is 9.90 Å². The highest BCUT2D eigenvalue weighted by Gasteiger charge is 2.09. The van der Waals surface area contributed by atoms with Gasteiger partial charge < -0.3 is 19.3 Å². The average molecular weight is 429 g/mol. The van der Waals surface area contributed by atoms with Crippen molar-refractivity contribution < 1.29 is 24.1 Å². The third-order valence-corrected chi connectivity index (χ3v) is 5.16. The minimum absolute atomic E-state index is 0.0614.